The maximum atomic E-state index is 4.88. The van der Waals surface area contributed by atoms with Gasteiger partial charge in [-0.3, -0.25) is 15.0 Å². The Kier molecular flexibility index (Phi) is 5.99. The Labute approximate surface area is 224 Å². The summed E-state index contributed by atoms with van der Waals surface area (Å²) in [7, 11) is 0. The smallest absolute Gasteiger partial charge is 0.213 e. The lowest BCUT2D eigenvalue weighted by molar-refractivity contribution is 0.202. The second kappa shape index (κ2) is 9.92. The van der Waals surface area contributed by atoms with Gasteiger partial charge in [0.25, 0.3) is 0 Å². The van der Waals surface area contributed by atoms with Gasteiger partial charge in [0.2, 0.25) is 4.96 Å². The lowest BCUT2D eigenvalue weighted by Crippen LogP contribution is -2.32. The van der Waals surface area contributed by atoms with Crippen molar-refractivity contribution in [3.8, 4) is 34.0 Å². The molecule has 1 aliphatic heterocycles. The minimum atomic E-state index is 0.376. The molecule has 38 heavy (non-hydrogen) atoms. The maximum absolute atomic E-state index is 4.88. The Morgan fingerprint density at radius 2 is 1.68 bits per heavy atom. The lowest BCUT2D eigenvalue weighted by atomic mass is 9.95. The molecule has 4 aromatic heterocycles. The van der Waals surface area contributed by atoms with Gasteiger partial charge in [-0.25, -0.2) is 14.5 Å². The molecule has 5 heterocycles. The molecule has 0 bridgehead atoms. The third-order valence-corrected chi connectivity index (χ3v) is 7.86. The van der Waals surface area contributed by atoms with E-state index >= 15 is 0 Å². The summed E-state index contributed by atoms with van der Waals surface area (Å²) in [6.07, 6.45) is 3.88. The largest absolute Gasteiger partial charge is 0.299 e. The van der Waals surface area contributed by atoms with Crippen molar-refractivity contribution in [1.29, 1.82) is 0 Å². The molecule has 1 aliphatic rings. The number of likely N-dealkylation sites (tertiary alicyclic amines) is 1. The Morgan fingerprint density at radius 1 is 0.868 bits per heavy atom. The molecule has 0 aliphatic carbocycles. The summed E-state index contributed by atoms with van der Waals surface area (Å²) in [6, 6.07) is 25.0. The third-order valence-electron chi connectivity index (χ3n) is 7.19. The first-order valence-electron chi connectivity index (χ1n) is 12.8. The number of nitrogens with one attached hydrogen (secondary N) is 1. The highest BCUT2D eigenvalue weighted by Crippen LogP contribution is 2.34. The SMILES string of the molecule is c1ccc(-c2nc3scnn3c2-c2ccc(CN3CCC(c4n[nH]c(-c5ccccn5)n4)CC3)cc2)cc1. The fraction of sp³-hybridized carbons (Fsp3) is 0.207. The highest BCUT2D eigenvalue weighted by molar-refractivity contribution is 7.14. The van der Waals surface area contributed by atoms with Gasteiger partial charge in [0.15, 0.2) is 11.6 Å². The van der Waals surface area contributed by atoms with Gasteiger partial charge in [0.1, 0.15) is 22.6 Å². The molecule has 2 aromatic carbocycles. The topological polar surface area (TPSA) is 87.9 Å². The van der Waals surface area contributed by atoms with Crippen LogP contribution < -0.4 is 0 Å². The van der Waals surface area contributed by atoms with E-state index in [-0.39, 0.29) is 0 Å². The van der Waals surface area contributed by atoms with Crippen LogP contribution >= 0.6 is 11.3 Å². The van der Waals surface area contributed by atoms with Crippen LogP contribution in [-0.2, 0) is 6.54 Å². The fourth-order valence-corrected chi connectivity index (χ4v) is 5.82. The quantitative estimate of drug-likeness (QED) is 0.305. The van der Waals surface area contributed by atoms with Crippen LogP contribution in [0.15, 0.2) is 84.5 Å². The normalized spacial score (nSPS) is 14.8. The van der Waals surface area contributed by atoms with E-state index in [4.69, 9.17) is 9.97 Å². The first kappa shape index (κ1) is 22.9. The third kappa shape index (κ3) is 4.40. The van der Waals surface area contributed by atoms with Gasteiger partial charge in [0, 0.05) is 29.8 Å². The van der Waals surface area contributed by atoms with Crippen LogP contribution in [0.2, 0.25) is 0 Å². The summed E-state index contributed by atoms with van der Waals surface area (Å²) in [5.74, 6) is 2.02. The van der Waals surface area contributed by atoms with Crippen molar-refractivity contribution < 1.29 is 0 Å². The van der Waals surface area contributed by atoms with Crippen LogP contribution in [0.4, 0.5) is 0 Å². The van der Waals surface area contributed by atoms with Crippen LogP contribution in [0.3, 0.4) is 0 Å². The summed E-state index contributed by atoms with van der Waals surface area (Å²) in [4.78, 5) is 17.4. The van der Waals surface area contributed by atoms with Crippen molar-refractivity contribution in [1.82, 2.24) is 39.7 Å². The Balaban J connectivity index is 1.03. The van der Waals surface area contributed by atoms with Gasteiger partial charge in [-0.2, -0.15) is 10.2 Å². The number of rotatable bonds is 6. The molecule has 0 atom stereocenters. The molecule has 7 rings (SSSR count). The molecule has 0 saturated carbocycles. The van der Waals surface area contributed by atoms with Gasteiger partial charge in [-0.15, -0.1) is 0 Å². The van der Waals surface area contributed by atoms with E-state index in [0.29, 0.717) is 5.92 Å². The first-order valence-corrected chi connectivity index (χ1v) is 13.7. The van der Waals surface area contributed by atoms with Crippen molar-refractivity contribution in [2.75, 3.05) is 13.1 Å². The molecule has 9 heteroatoms. The lowest BCUT2D eigenvalue weighted by Gasteiger charge is -2.30. The zero-order valence-electron chi connectivity index (χ0n) is 20.7. The molecular weight excluding hydrogens is 492 g/mol. The first-order chi connectivity index (χ1) is 18.8. The number of hydrogen-bond donors (Lipinski definition) is 1. The molecule has 0 amide bonds. The molecule has 6 aromatic rings. The molecular formula is C29H26N8S. The second-order valence-corrected chi connectivity index (χ2v) is 10.4. The number of imidazole rings is 1. The Morgan fingerprint density at radius 3 is 2.47 bits per heavy atom. The highest BCUT2D eigenvalue weighted by Gasteiger charge is 2.24. The van der Waals surface area contributed by atoms with Crippen LogP contribution in [-0.4, -0.2) is 52.8 Å². The average molecular weight is 519 g/mol. The van der Waals surface area contributed by atoms with Crippen LogP contribution in [0.1, 0.15) is 30.1 Å². The van der Waals surface area contributed by atoms with E-state index in [9.17, 15) is 0 Å². The number of H-pyrrole nitrogens is 1. The predicted octanol–water partition coefficient (Wildman–Crippen LogP) is 5.68. The fourth-order valence-electron chi connectivity index (χ4n) is 5.20. The van der Waals surface area contributed by atoms with E-state index in [1.807, 2.05) is 46.4 Å². The summed E-state index contributed by atoms with van der Waals surface area (Å²) < 4.78 is 1.95. The summed E-state index contributed by atoms with van der Waals surface area (Å²) >= 11 is 1.56. The molecule has 1 N–H and O–H groups in total. The van der Waals surface area contributed by atoms with Gasteiger partial charge in [-0.1, -0.05) is 72.0 Å². The average Bonchev–Trinajstić information content (AvgIpc) is 3.72. The number of pyridine rings is 1. The van der Waals surface area contributed by atoms with E-state index in [1.54, 1.807) is 17.5 Å². The number of aromatic nitrogens is 7. The molecule has 1 saturated heterocycles. The van der Waals surface area contributed by atoms with Gasteiger partial charge in [0.05, 0.1) is 0 Å². The molecule has 0 spiro atoms. The van der Waals surface area contributed by atoms with Crippen LogP contribution in [0, 0.1) is 0 Å². The van der Waals surface area contributed by atoms with E-state index in [2.05, 4.69) is 61.6 Å². The zero-order chi connectivity index (χ0) is 25.3. The van der Waals surface area contributed by atoms with E-state index < -0.39 is 0 Å². The van der Waals surface area contributed by atoms with Crippen molar-refractivity contribution in [2.45, 2.75) is 25.3 Å². The predicted molar refractivity (Wildman–Crippen MR) is 149 cm³/mol. The van der Waals surface area contributed by atoms with Gasteiger partial charge in [-0.05, 0) is 43.6 Å². The Hall–Kier alpha value is -4.21. The number of aromatic amines is 1. The molecule has 8 nitrogen and oxygen atoms in total. The van der Waals surface area contributed by atoms with E-state index in [1.165, 1.54) is 5.56 Å². The number of hydrogen-bond acceptors (Lipinski definition) is 7. The summed E-state index contributed by atoms with van der Waals surface area (Å²) in [6.45, 7) is 2.99. The number of fused-ring (bicyclic) bond motifs is 1. The maximum Gasteiger partial charge on any atom is 0.213 e. The van der Waals surface area contributed by atoms with Crippen LogP contribution in [0.5, 0.6) is 0 Å². The zero-order valence-corrected chi connectivity index (χ0v) is 21.6. The number of benzene rings is 2. The minimum Gasteiger partial charge on any atom is -0.299 e. The number of nitrogens with zero attached hydrogens (tertiary/aromatic N) is 7. The van der Waals surface area contributed by atoms with Crippen molar-refractivity contribution in [3.05, 3.63) is 95.9 Å². The van der Waals surface area contributed by atoms with Crippen LogP contribution in [0.25, 0.3) is 39.0 Å². The van der Waals surface area contributed by atoms with Gasteiger partial charge >= 0.3 is 0 Å². The highest BCUT2D eigenvalue weighted by atomic mass is 32.1. The summed E-state index contributed by atoms with van der Waals surface area (Å²) in [5.41, 5.74) is 8.21. The molecule has 1 fully saturated rings. The van der Waals surface area contributed by atoms with Crippen molar-refractivity contribution in [2.24, 2.45) is 0 Å². The molecule has 0 unspecified atom stereocenters. The minimum absolute atomic E-state index is 0.376. The molecule has 0 radical (unpaired) electrons. The van der Waals surface area contributed by atoms with Crippen molar-refractivity contribution >= 4 is 16.3 Å². The van der Waals surface area contributed by atoms with E-state index in [0.717, 1.165) is 77.3 Å². The summed E-state index contributed by atoms with van der Waals surface area (Å²) in [5, 5.41) is 12.1. The monoisotopic (exact) mass is 518 g/mol. The number of piperidine rings is 1. The molecule has 188 valence electrons. The standard InChI is InChI=1S/C29H26N8S/c1-2-6-21(7-3-1)25-26(37-29(32-25)38-19-31-37)22-11-9-20(10-12-22)18-36-16-13-23(14-17-36)27-33-28(35-34-27)24-8-4-5-15-30-24/h1-12,15,19,23H,13-14,16-18H2,(H,33,34,35). The second-order valence-electron chi connectivity index (χ2n) is 9.61. The van der Waals surface area contributed by atoms with Crippen molar-refractivity contribution in [3.63, 3.8) is 0 Å². The van der Waals surface area contributed by atoms with Gasteiger partial charge < -0.3 is 0 Å². The Bertz CT molecular complexity index is 1650.